The summed E-state index contributed by atoms with van der Waals surface area (Å²) in [7, 11) is 0. The van der Waals surface area contributed by atoms with Crippen LogP contribution >= 0.6 is 23.2 Å². The zero-order valence-electron chi connectivity index (χ0n) is 10.8. The first-order valence-electron chi connectivity index (χ1n) is 5.79. The van der Waals surface area contributed by atoms with Gasteiger partial charge in [0.05, 0.1) is 34.0 Å². The molecule has 1 rings (SSSR count). The molecule has 5 heteroatoms. The van der Waals surface area contributed by atoms with Gasteiger partial charge in [0, 0.05) is 6.54 Å². The Labute approximate surface area is 118 Å². The van der Waals surface area contributed by atoms with Crippen molar-refractivity contribution >= 4 is 28.9 Å². The minimum Gasteiger partial charge on any atom is -0.389 e. The molecule has 0 heterocycles. The number of hydrogen-bond donors (Lipinski definition) is 2. The van der Waals surface area contributed by atoms with Crippen LogP contribution in [0.2, 0.25) is 10.0 Å². The van der Waals surface area contributed by atoms with Crippen molar-refractivity contribution in [3.05, 3.63) is 28.2 Å². The smallest absolute Gasteiger partial charge is 0.0945 e. The normalized spacial score (nSPS) is 13.4. The molecule has 3 nitrogen and oxygen atoms in total. The van der Waals surface area contributed by atoms with Crippen LogP contribution < -0.4 is 5.32 Å². The van der Waals surface area contributed by atoms with Gasteiger partial charge in [0.1, 0.15) is 0 Å². The zero-order chi connectivity index (χ0) is 13.8. The quantitative estimate of drug-likeness (QED) is 0.871. The van der Waals surface area contributed by atoms with E-state index in [4.69, 9.17) is 27.9 Å². The molecule has 0 saturated carbocycles. The lowest BCUT2D eigenvalue weighted by atomic mass is 10.2. The van der Waals surface area contributed by atoms with Gasteiger partial charge in [0.25, 0.3) is 0 Å². The summed E-state index contributed by atoms with van der Waals surface area (Å²) in [6.45, 7) is 6.47. The third-order valence-electron chi connectivity index (χ3n) is 2.19. The summed E-state index contributed by atoms with van der Waals surface area (Å²) in [5, 5.41) is 13.8. The van der Waals surface area contributed by atoms with Crippen LogP contribution in [0.25, 0.3) is 0 Å². The maximum absolute atomic E-state index is 9.77. The Balaban J connectivity index is 2.43. The van der Waals surface area contributed by atoms with Crippen molar-refractivity contribution in [1.29, 1.82) is 0 Å². The number of rotatable bonds is 5. The summed E-state index contributed by atoms with van der Waals surface area (Å²) >= 11 is 11.9. The van der Waals surface area contributed by atoms with Gasteiger partial charge >= 0.3 is 0 Å². The van der Waals surface area contributed by atoms with E-state index in [-0.39, 0.29) is 12.2 Å². The van der Waals surface area contributed by atoms with Crippen LogP contribution in [0.4, 0.5) is 5.69 Å². The highest BCUT2D eigenvalue weighted by Gasteiger charge is 2.14. The van der Waals surface area contributed by atoms with Crippen LogP contribution in [0.5, 0.6) is 0 Å². The molecule has 0 aliphatic rings. The lowest BCUT2D eigenvalue weighted by Crippen LogP contribution is -2.30. The molecule has 0 saturated heterocycles. The highest BCUT2D eigenvalue weighted by molar-refractivity contribution is 6.43. The highest BCUT2D eigenvalue weighted by Crippen LogP contribution is 2.29. The van der Waals surface area contributed by atoms with E-state index in [9.17, 15) is 5.11 Å². The third kappa shape index (κ3) is 5.44. The van der Waals surface area contributed by atoms with Crippen molar-refractivity contribution in [2.45, 2.75) is 32.5 Å². The first kappa shape index (κ1) is 15.6. The molecule has 1 unspecified atom stereocenters. The molecule has 2 N–H and O–H groups in total. The molecule has 18 heavy (non-hydrogen) atoms. The molecule has 1 aromatic rings. The van der Waals surface area contributed by atoms with Gasteiger partial charge in [0.15, 0.2) is 0 Å². The molecule has 0 aliphatic heterocycles. The highest BCUT2D eigenvalue weighted by atomic mass is 35.5. The maximum atomic E-state index is 9.77. The fraction of sp³-hybridized carbons (Fsp3) is 0.538. The molecule has 1 aromatic carbocycles. The summed E-state index contributed by atoms with van der Waals surface area (Å²) in [6, 6.07) is 5.33. The SMILES string of the molecule is CC(C)(C)OCC(O)CNc1cccc(Cl)c1Cl. The molecule has 0 bridgehead atoms. The monoisotopic (exact) mass is 291 g/mol. The van der Waals surface area contributed by atoms with Crippen LogP contribution in [-0.2, 0) is 4.74 Å². The topological polar surface area (TPSA) is 41.5 Å². The second-order valence-corrected chi connectivity index (χ2v) is 5.84. The second kappa shape index (κ2) is 6.62. The van der Waals surface area contributed by atoms with Crippen molar-refractivity contribution in [1.82, 2.24) is 0 Å². The van der Waals surface area contributed by atoms with Gasteiger partial charge in [-0.1, -0.05) is 29.3 Å². The Hall–Kier alpha value is -0.480. The maximum Gasteiger partial charge on any atom is 0.0945 e. The van der Waals surface area contributed by atoms with Crippen LogP contribution in [0.3, 0.4) is 0 Å². The van der Waals surface area contributed by atoms with Gasteiger partial charge in [-0.3, -0.25) is 0 Å². The van der Waals surface area contributed by atoms with Gasteiger partial charge < -0.3 is 15.2 Å². The minimum absolute atomic E-state index is 0.255. The minimum atomic E-state index is -0.598. The van der Waals surface area contributed by atoms with Crippen LogP contribution in [0.1, 0.15) is 20.8 Å². The number of ether oxygens (including phenoxy) is 1. The average Bonchev–Trinajstić information content (AvgIpc) is 2.27. The van der Waals surface area contributed by atoms with Crippen molar-refractivity contribution in [3.8, 4) is 0 Å². The number of hydrogen-bond acceptors (Lipinski definition) is 3. The van der Waals surface area contributed by atoms with E-state index in [1.54, 1.807) is 12.1 Å². The van der Waals surface area contributed by atoms with E-state index in [0.717, 1.165) is 0 Å². The molecule has 0 aliphatic carbocycles. The van der Waals surface area contributed by atoms with E-state index >= 15 is 0 Å². The Morgan fingerprint density at radius 3 is 2.61 bits per heavy atom. The first-order valence-corrected chi connectivity index (χ1v) is 6.55. The van der Waals surface area contributed by atoms with Crippen molar-refractivity contribution in [2.24, 2.45) is 0 Å². The number of aliphatic hydroxyl groups excluding tert-OH is 1. The van der Waals surface area contributed by atoms with Gasteiger partial charge in [0.2, 0.25) is 0 Å². The Morgan fingerprint density at radius 1 is 1.33 bits per heavy atom. The standard InChI is InChI=1S/C13H19Cl2NO2/c1-13(2,3)18-8-9(17)7-16-11-6-4-5-10(14)12(11)15/h4-6,9,16-17H,7-8H2,1-3H3. The summed E-state index contributed by atoms with van der Waals surface area (Å²) in [5.74, 6) is 0. The lowest BCUT2D eigenvalue weighted by Gasteiger charge is -2.22. The number of anilines is 1. The number of nitrogens with one attached hydrogen (secondary N) is 1. The van der Waals surface area contributed by atoms with Crippen molar-refractivity contribution in [2.75, 3.05) is 18.5 Å². The van der Waals surface area contributed by atoms with E-state index in [1.165, 1.54) is 0 Å². The summed E-state index contributed by atoms with van der Waals surface area (Å²) in [5.41, 5.74) is 0.452. The van der Waals surface area contributed by atoms with Gasteiger partial charge in [-0.25, -0.2) is 0 Å². The molecular formula is C13H19Cl2NO2. The number of aliphatic hydroxyl groups is 1. The van der Waals surface area contributed by atoms with Crippen LogP contribution in [-0.4, -0.2) is 30.0 Å². The number of halogens is 2. The molecular weight excluding hydrogens is 273 g/mol. The van der Waals surface area contributed by atoms with E-state index in [2.05, 4.69) is 5.32 Å². The predicted molar refractivity (Wildman–Crippen MR) is 76.7 cm³/mol. The van der Waals surface area contributed by atoms with E-state index in [0.29, 0.717) is 22.3 Å². The van der Waals surface area contributed by atoms with Gasteiger partial charge in [-0.05, 0) is 32.9 Å². The summed E-state index contributed by atoms with van der Waals surface area (Å²) < 4.78 is 5.48. The zero-order valence-corrected chi connectivity index (χ0v) is 12.3. The number of benzene rings is 1. The third-order valence-corrected chi connectivity index (χ3v) is 3.01. The summed E-state index contributed by atoms with van der Waals surface area (Å²) in [4.78, 5) is 0. The molecule has 0 radical (unpaired) electrons. The van der Waals surface area contributed by atoms with Crippen molar-refractivity contribution < 1.29 is 9.84 Å². The Morgan fingerprint density at radius 2 is 2.00 bits per heavy atom. The lowest BCUT2D eigenvalue weighted by molar-refractivity contribution is -0.0449. The summed E-state index contributed by atoms with van der Waals surface area (Å²) in [6.07, 6.45) is -0.598. The predicted octanol–water partition coefficient (Wildman–Crippen LogP) is 3.58. The average molecular weight is 292 g/mol. The van der Waals surface area contributed by atoms with Gasteiger partial charge in [-0.15, -0.1) is 0 Å². The fourth-order valence-corrected chi connectivity index (χ4v) is 1.64. The largest absolute Gasteiger partial charge is 0.389 e. The van der Waals surface area contributed by atoms with E-state index in [1.807, 2.05) is 26.8 Å². The first-order chi connectivity index (χ1) is 8.29. The Kier molecular flexibility index (Phi) is 5.73. The molecule has 102 valence electrons. The van der Waals surface area contributed by atoms with Crippen LogP contribution in [0, 0.1) is 0 Å². The van der Waals surface area contributed by atoms with Crippen molar-refractivity contribution in [3.63, 3.8) is 0 Å². The molecule has 1 atom stereocenters. The Bertz CT molecular complexity index is 391. The van der Waals surface area contributed by atoms with E-state index < -0.39 is 6.10 Å². The molecule has 0 amide bonds. The molecule has 0 spiro atoms. The van der Waals surface area contributed by atoms with Crippen LogP contribution in [0.15, 0.2) is 18.2 Å². The molecule has 0 aromatic heterocycles. The molecule has 0 fully saturated rings. The second-order valence-electron chi connectivity index (χ2n) is 5.06. The fourth-order valence-electron chi connectivity index (χ4n) is 1.27. The van der Waals surface area contributed by atoms with Gasteiger partial charge in [-0.2, -0.15) is 0 Å².